The van der Waals surface area contributed by atoms with E-state index >= 15 is 0 Å². The van der Waals surface area contributed by atoms with Gasteiger partial charge in [0.05, 0.1) is 6.10 Å². The molecule has 1 N–H and O–H groups in total. The Balaban J connectivity index is 4.23. The maximum Gasteiger partial charge on any atom is 0.0724 e. The lowest BCUT2D eigenvalue weighted by Gasteiger charge is -2.31. The summed E-state index contributed by atoms with van der Waals surface area (Å²) in [5.74, 6) is 0.699. The van der Waals surface area contributed by atoms with Gasteiger partial charge in [-0.15, -0.1) is 0 Å². The van der Waals surface area contributed by atoms with Gasteiger partial charge in [0.15, 0.2) is 0 Å². The lowest BCUT2D eigenvalue weighted by Crippen LogP contribution is -2.45. The van der Waals surface area contributed by atoms with Gasteiger partial charge in [-0.3, -0.25) is 0 Å². The van der Waals surface area contributed by atoms with Crippen LogP contribution >= 0.6 is 0 Å². The maximum atomic E-state index is 5.52. The topological polar surface area (TPSA) is 21.3 Å². The zero-order chi connectivity index (χ0) is 11.0. The van der Waals surface area contributed by atoms with Crippen LogP contribution in [0.25, 0.3) is 0 Å². The molecule has 0 fully saturated rings. The second-order valence-corrected chi connectivity index (χ2v) is 4.03. The highest BCUT2D eigenvalue weighted by atomic mass is 16.5. The molecule has 0 aromatic rings. The van der Waals surface area contributed by atoms with Crippen molar-refractivity contribution in [2.75, 3.05) is 13.7 Å². The summed E-state index contributed by atoms with van der Waals surface area (Å²) in [5.41, 5.74) is 0. The fourth-order valence-corrected chi connectivity index (χ4v) is 2.14. The normalized spacial score (nSPS) is 17.8. The standard InChI is InChI=1S/C12H27NO/c1-6-9-10(4)12(13-8-3)11(7-2)14-5/h10-13H,6-9H2,1-5H3. The Morgan fingerprint density at radius 2 is 1.86 bits per heavy atom. The SMILES string of the molecule is CCCC(C)C(NCC)C(CC)OC. The first-order chi connectivity index (χ1) is 6.71. The second kappa shape index (κ2) is 8.25. The van der Waals surface area contributed by atoms with Crippen molar-refractivity contribution in [3.8, 4) is 0 Å². The molecule has 3 unspecified atom stereocenters. The molecule has 2 heteroatoms. The Labute approximate surface area is 89.4 Å². The first kappa shape index (κ1) is 13.9. The number of hydrogen-bond acceptors (Lipinski definition) is 2. The summed E-state index contributed by atoms with van der Waals surface area (Å²) < 4.78 is 5.52. The molecule has 0 aliphatic rings. The molecule has 0 aliphatic heterocycles. The van der Waals surface area contributed by atoms with Gasteiger partial charge in [-0.25, -0.2) is 0 Å². The molecule has 0 radical (unpaired) electrons. The minimum atomic E-state index is 0.358. The van der Waals surface area contributed by atoms with E-state index in [0.717, 1.165) is 13.0 Å². The van der Waals surface area contributed by atoms with Gasteiger partial charge in [0.25, 0.3) is 0 Å². The van der Waals surface area contributed by atoms with Crippen molar-refractivity contribution >= 4 is 0 Å². The number of likely N-dealkylation sites (N-methyl/N-ethyl adjacent to an activating group) is 1. The van der Waals surface area contributed by atoms with Crippen LogP contribution in [-0.4, -0.2) is 25.8 Å². The summed E-state index contributed by atoms with van der Waals surface area (Å²) in [5, 5.41) is 3.54. The lowest BCUT2D eigenvalue weighted by molar-refractivity contribution is 0.0463. The molecular weight excluding hydrogens is 174 g/mol. The van der Waals surface area contributed by atoms with Crippen LogP contribution < -0.4 is 5.32 Å². The van der Waals surface area contributed by atoms with Crippen LogP contribution in [0.15, 0.2) is 0 Å². The second-order valence-electron chi connectivity index (χ2n) is 4.03. The Morgan fingerprint density at radius 3 is 2.21 bits per heavy atom. The molecule has 0 saturated heterocycles. The van der Waals surface area contributed by atoms with Gasteiger partial charge in [-0.1, -0.05) is 34.1 Å². The van der Waals surface area contributed by atoms with Gasteiger partial charge in [0.1, 0.15) is 0 Å². The molecule has 0 spiro atoms. The van der Waals surface area contributed by atoms with E-state index in [1.165, 1.54) is 12.8 Å². The van der Waals surface area contributed by atoms with Crippen molar-refractivity contribution in [3.63, 3.8) is 0 Å². The van der Waals surface area contributed by atoms with Crippen molar-refractivity contribution in [3.05, 3.63) is 0 Å². The zero-order valence-electron chi connectivity index (χ0n) is 10.5. The lowest BCUT2D eigenvalue weighted by atomic mass is 9.91. The third kappa shape index (κ3) is 4.43. The minimum Gasteiger partial charge on any atom is -0.380 e. The highest BCUT2D eigenvalue weighted by Gasteiger charge is 2.23. The summed E-state index contributed by atoms with van der Waals surface area (Å²) >= 11 is 0. The molecule has 86 valence electrons. The Kier molecular flexibility index (Phi) is 8.20. The van der Waals surface area contributed by atoms with Crippen molar-refractivity contribution in [2.24, 2.45) is 5.92 Å². The van der Waals surface area contributed by atoms with Crippen molar-refractivity contribution < 1.29 is 4.74 Å². The van der Waals surface area contributed by atoms with Crippen LogP contribution in [-0.2, 0) is 4.74 Å². The quantitative estimate of drug-likeness (QED) is 0.652. The molecule has 0 rings (SSSR count). The van der Waals surface area contributed by atoms with Crippen LogP contribution in [0.5, 0.6) is 0 Å². The smallest absolute Gasteiger partial charge is 0.0724 e. The van der Waals surface area contributed by atoms with E-state index in [1.807, 2.05) is 7.11 Å². The molecular formula is C12H27NO. The monoisotopic (exact) mass is 201 g/mol. The van der Waals surface area contributed by atoms with E-state index in [2.05, 4.69) is 33.0 Å². The summed E-state index contributed by atoms with van der Waals surface area (Å²) in [7, 11) is 1.82. The molecule has 0 amide bonds. The number of methoxy groups -OCH3 is 1. The molecule has 0 bridgehead atoms. The molecule has 14 heavy (non-hydrogen) atoms. The predicted octanol–water partition coefficient (Wildman–Crippen LogP) is 2.83. The largest absolute Gasteiger partial charge is 0.380 e. The number of hydrogen-bond donors (Lipinski definition) is 1. The van der Waals surface area contributed by atoms with Crippen LogP contribution in [0.1, 0.15) is 47.0 Å². The van der Waals surface area contributed by atoms with E-state index in [-0.39, 0.29) is 0 Å². The van der Waals surface area contributed by atoms with Gasteiger partial charge < -0.3 is 10.1 Å². The van der Waals surface area contributed by atoms with Gasteiger partial charge in [-0.05, 0) is 25.3 Å². The summed E-state index contributed by atoms with van der Waals surface area (Å²) in [6.45, 7) is 9.94. The summed E-state index contributed by atoms with van der Waals surface area (Å²) in [6.07, 6.45) is 3.97. The molecule has 0 heterocycles. The van der Waals surface area contributed by atoms with Crippen LogP contribution in [0.2, 0.25) is 0 Å². The average Bonchev–Trinajstić information content (AvgIpc) is 2.18. The first-order valence-electron chi connectivity index (χ1n) is 5.97. The van der Waals surface area contributed by atoms with Crippen LogP contribution in [0.3, 0.4) is 0 Å². The van der Waals surface area contributed by atoms with Gasteiger partial charge in [0.2, 0.25) is 0 Å². The van der Waals surface area contributed by atoms with Crippen molar-refractivity contribution in [2.45, 2.75) is 59.1 Å². The van der Waals surface area contributed by atoms with Gasteiger partial charge in [-0.2, -0.15) is 0 Å². The number of rotatable bonds is 8. The van der Waals surface area contributed by atoms with Crippen molar-refractivity contribution in [1.82, 2.24) is 5.32 Å². The summed E-state index contributed by atoms with van der Waals surface area (Å²) in [6, 6.07) is 0.509. The summed E-state index contributed by atoms with van der Waals surface area (Å²) in [4.78, 5) is 0. The van der Waals surface area contributed by atoms with E-state index in [4.69, 9.17) is 4.74 Å². The Bertz CT molecular complexity index is 123. The van der Waals surface area contributed by atoms with Crippen molar-refractivity contribution in [1.29, 1.82) is 0 Å². The fraction of sp³-hybridized carbons (Fsp3) is 1.00. The van der Waals surface area contributed by atoms with E-state index < -0.39 is 0 Å². The van der Waals surface area contributed by atoms with Gasteiger partial charge >= 0.3 is 0 Å². The average molecular weight is 201 g/mol. The Morgan fingerprint density at radius 1 is 1.21 bits per heavy atom. The van der Waals surface area contributed by atoms with E-state index in [0.29, 0.717) is 18.1 Å². The Hall–Kier alpha value is -0.0800. The van der Waals surface area contributed by atoms with E-state index in [9.17, 15) is 0 Å². The fourth-order valence-electron chi connectivity index (χ4n) is 2.14. The molecule has 0 aliphatic carbocycles. The molecule has 0 aromatic carbocycles. The minimum absolute atomic E-state index is 0.358. The highest BCUT2D eigenvalue weighted by molar-refractivity contribution is 4.80. The molecule has 0 saturated carbocycles. The third-order valence-electron chi connectivity index (χ3n) is 2.90. The predicted molar refractivity (Wildman–Crippen MR) is 62.6 cm³/mol. The molecule has 3 atom stereocenters. The third-order valence-corrected chi connectivity index (χ3v) is 2.90. The van der Waals surface area contributed by atoms with Crippen LogP contribution in [0, 0.1) is 5.92 Å². The first-order valence-corrected chi connectivity index (χ1v) is 5.97. The molecule has 2 nitrogen and oxygen atoms in total. The van der Waals surface area contributed by atoms with Crippen LogP contribution in [0.4, 0.5) is 0 Å². The highest BCUT2D eigenvalue weighted by Crippen LogP contribution is 2.17. The zero-order valence-corrected chi connectivity index (χ0v) is 10.5. The number of nitrogens with one attached hydrogen (secondary N) is 1. The maximum absolute atomic E-state index is 5.52. The number of ether oxygens (including phenoxy) is 1. The molecule has 0 aromatic heterocycles. The van der Waals surface area contributed by atoms with E-state index in [1.54, 1.807) is 0 Å². The van der Waals surface area contributed by atoms with Gasteiger partial charge in [0, 0.05) is 13.2 Å².